The Balaban J connectivity index is 2.05. The van der Waals surface area contributed by atoms with Crippen molar-refractivity contribution in [3.63, 3.8) is 0 Å². The first-order valence-electron chi connectivity index (χ1n) is 8.80. The predicted octanol–water partition coefficient (Wildman–Crippen LogP) is 3.21. The SMILES string of the molecule is CC[C@@H](c1cccc(OC(=O)N2CCOCC2)c1)[C@@H](C)CN(C)C. The van der Waals surface area contributed by atoms with E-state index in [9.17, 15) is 4.79 Å². The largest absolute Gasteiger partial charge is 0.415 e. The minimum absolute atomic E-state index is 0.287. The summed E-state index contributed by atoms with van der Waals surface area (Å²) in [6.45, 7) is 7.87. The fourth-order valence-electron chi connectivity index (χ4n) is 3.39. The van der Waals surface area contributed by atoms with Crippen molar-refractivity contribution in [1.29, 1.82) is 0 Å². The van der Waals surface area contributed by atoms with Crippen molar-refractivity contribution in [2.75, 3.05) is 46.9 Å². The normalized spacial score (nSPS) is 17.6. The molecule has 0 aromatic heterocycles. The molecule has 1 aromatic carbocycles. The van der Waals surface area contributed by atoms with Crippen molar-refractivity contribution in [3.05, 3.63) is 29.8 Å². The average Bonchev–Trinajstić information content (AvgIpc) is 2.56. The van der Waals surface area contributed by atoms with Gasteiger partial charge in [-0.1, -0.05) is 26.0 Å². The first-order valence-corrected chi connectivity index (χ1v) is 8.80. The summed E-state index contributed by atoms with van der Waals surface area (Å²) >= 11 is 0. The van der Waals surface area contributed by atoms with Crippen LogP contribution in [0.3, 0.4) is 0 Å². The van der Waals surface area contributed by atoms with Crippen LogP contribution in [0.1, 0.15) is 31.7 Å². The summed E-state index contributed by atoms with van der Waals surface area (Å²) < 4.78 is 10.8. The molecule has 0 saturated carbocycles. The van der Waals surface area contributed by atoms with Gasteiger partial charge in [0.1, 0.15) is 5.75 Å². The number of carbonyl (C=O) groups is 1. The number of rotatable bonds is 6. The highest BCUT2D eigenvalue weighted by Crippen LogP contribution is 2.30. The minimum atomic E-state index is -0.287. The zero-order chi connectivity index (χ0) is 17.5. The summed E-state index contributed by atoms with van der Waals surface area (Å²) in [5.41, 5.74) is 1.24. The highest BCUT2D eigenvalue weighted by atomic mass is 16.6. The van der Waals surface area contributed by atoms with E-state index in [0.29, 0.717) is 43.9 Å². The molecule has 0 unspecified atom stereocenters. The number of nitrogens with zero attached hydrogens (tertiary/aromatic N) is 2. The van der Waals surface area contributed by atoms with Crippen LogP contribution in [0.2, 0.25) is 0 Å². The predicted molar refractivity (Wildman–Crippen MR) is 95.6 cm³/mol. The highest BCUT2D eigenvalue weighted by Gasteiger charge is 2.21. The van der Waals surface area contributed by atoms with Crippen LogP contribution in [-0.4, -0.2) is 62.8 Å². The van der Waals surface area contributed by atoms with Gasteiger partial charge in [0.25, 0.3) is 0 Å². The molecule has 5 heteroatoms. The van der Waals surface area contributed by atoms with Crippen LogP contribution >= 0.6 is 0 Å². The summed E-state index contributed by atoms with van der Waals surface area (Å²) in [6, 6.07) is 7.97. The number of ether oxygens (including phenoxy) is 2. The van der Waals surface area contributed by atoms with Crippen molar-refractivity contribution in [1.82, 2.24) is 9.80 Å². The van der Waals surface area contributed by atoms with Crippen molar-refractivity contribution in [2.45, 2.75) is 26.2 Å². The molecule has 0 radical (unpaired) electrons. The van der Waals surface area contributed by atoms with Gasteiger partial charge in [-0.3, -0.25) is 0 Å². The Morgan fingerprint density at radius 3 is 2.67 bits per heavy atom. The van der Waals surface area contributed by atoms with E-state index in [-0.39, 0.29) is 6.09 Å². The molecule has 24 heavy (non-hydrogen) atoms. The molecule has 1 amide bonds. The van der Waals surface area contributed by atoms with Gasteiger partial charge < -0.3 is 19.3 Å². The van der Waals surface area contributed by atoms with E-state index in [4.69, 9.17) is 9.47 Å². The molecule has 2 rings (SSSR count). The van der Waals surface area contributed by atoms with Crippen LogP contribution in [0.25, 0.3) is 0 Å². The fourth-order valence-corrected chi connectivity index (χ4v) is 3.39. The van der Waals surface area contributed by atoms with E-state index in [0.717, 1.165) is 13.0 Å². The lowest BCUT2D eigenvalue weighted by molar-refractivity contribution is 0.0416. The summed E-state index contributed by atoms with van der Waals surface area (Å²) in [6.07, 6.45) is 0.778. The number of morpholine rings is 1. The van der Waals surface area contributed by atoms with E-state index in [2.05, 4.69) is 38.9 Å². The summed E-state index contributed by atoms with van der Waals surface area (Å²) in [7, 11) is 4.20. The van der Waals surface area contributed by atoms with Crippen molar-refractivity contribution in [2.24, 2.45) is 5.92 Å². The van der Waals surface area contributed by atoms with Gasteiger partial charge in [-0.05, 0) is 50.0 Å². The molecule has 134 valence electrons. The van der Waals surface area contributed by atoms with E-state index < -0.39 is 0 Å². The lowest BCUT2D eigenvalue weighted by atomic mass is 9.85. The van der Waals surface area contributed by atoms with Crippen LogP contribution in [0, 0.1) is 5.92 Å². The molecule has 1 aromatic rings. The topological polar surface area (TPSA) is 42.0 Å². The van der Waals surface area contributed by atoms with Crippen molar-refractivity contribution in [3.8, 4) is 5.75 Å². The Bertz CT molecular complexity index is 527. The maximum atomic E-state index is 12.2. The highest BCUT2D eigenvalue weighted by molar-refractivity contribution is 5.70. The summed E-state index contributed by atoms with van der Waals surface area (Å²) in [5.74, 6) is 1.61. The second-order valence-corrected chi connectivity index (χ2v) is 6.79. The monoisotopic (exact) mass is 334 g/mol. The Morgan fingerprint density at radius 2 is 2.04 bits per heavy atom. The van der Waals surface area contributed by atoms with Gasteiger partial charge in [-0.2, -0.15) is 0 Å². The fraction of sp³-hybridized carbons (Fsp3) is 0.632. The van der Waals surface area contributed by atoms with Gasteiger partial charge in [-0.25, -0.2) is 4.79 Å². The van der Waals surface area contributed by atoms with Crippen LogP contribution in [0.15, 0.2) is 24.3 Å². The molecule has 1 aliphatic rings. The second kappa shape index (κ2) is 9.04. The van der Waals surface area contributed by atoms with Gasteiger partial charge in [-0.15, -0.1) is 0 Å². The molecular weight excluding hydrogens is 304 g/mol. The van der Waals surface area contributed by atoms with Crippen LogP contribution < -0.4 is 4.74 Å². The number of benzene rings is 1. The number of amides is 1. The molecule has 5 nitrogen and oxygen atoms in total. The maximum Gasteiger partial charge on any atom is 0.415 e. The van der Waals surface area contributed by atoms with Gasteiger partial charge in [0.15, 0.2) is 0 Å². The van der Waals surface area contributed by atoms with Gasteiger partial charge in [0, 0.05) is 19.6 Å². The standard InChI is InChI=1S/C19H30N2O3/c1-5-18(15(2)14-20(3)4)16-7-6-8-17(13-16)24-19(22)21-9-11-23-12-10-21/h6-8,13,15,18H,5,9-12,14H2,1-4H3/t15-,18+/m0/s1. The summed E-state index contributed by atoms with van der Waals surface area (Å²) in [5, 5.41) is 0. The Hall–Kier alpha value is -1.59. The molecule has 1 heterocycles. The Morgan fingerprint density at radius 1 is 1.33 bits per heavy atom. The minimum Gasteiger partial charge on any atom is -0.410 e. The van der Waals surface area contributed by atoms with Crippen molar-refractivity contribution >= 4 is 6.09 Å². The molecule has 0 N–H and O–H groups in total. The zero-order valence-corrected chi connectivity index (χ0v) is 15.3. The van der Waals surface area contributed by atoms with E-state index in [1.807, 2.05) is 18.2 Å². The molecule has 1 aliphatic heterocycles. The zero-order valence-electron chi connectivity index (χ0n) is 15.3. The lowest BCUT2D eigenvalue weighted by Crippen LogP contribution is -2.42. The third kappa shape index (κ3) is 5.21. The maximum absolute atomic E-state index is 12.2. The Kier molecular flexibility index (Phi) is 7.06. The van der Waals surface area contributed by atoms with Crippen LogP contribution in [0.4, 0.5) is 4.79 Å². The van der Waals surface area contributed by atoms with E-state index >= 15 is 0 Å². The van der Waals surface area contributed by atoms with Crippen molar-refractivity contribution < 1.29 is 14.3 Å². The van der Waals surface area contributed by atoms with Gasteiger partial charge in [0.2, 0.25) is 0 Å². The smallest absolute Gasteiger partial charge is 0.410 e. The van der Waals surface area contributed by atoms with Gasteiger partial charge >= 0.3 is 6.09 Å². The first kappa shape index (κ1) is 18.7. The number of carbonyl (C=O) groups excluding carboxylic acids is 1. The van der Waals surface area contributed by atoms with Gasteiger partial charge in [0.05, 0.1) is 13.2 Å². The molecule has 0 aliphatic carbocycles. The van der Waals surface area contributed by atoms with Crippen LogP contribution in [0.5, 0.6) is 5.75 Å². The molecule has 0 bridgehead atoms. The number of hydrogen-bond acceptors (Lipinski definition) is 4. The molecule has 1 saturated heterocycles. The molecule has 0 spiro atoms. The number of hydrogen-bond donors (Lipinski definition) is 0. The first-order chi connectivity index (χ1) is 11.5. The van der Waals surface area contributed by atoms with Crippen LogP contribution in [-0.2, 0) is 4.74 Å². The third-order valence-corrected chi connectivity index (χ3v) is 4.54. The molecular formula is C19H30N2O3. The second-order valence-electron chi connectivity index (χ2n) is 6.79. The summed E-state index contributed by atoms with van der Waals surface area (Å²) in [4.78, 5) is 16.2. The van der Waals surface area contributed by atoms with E-state index in [1.165, 1.54) is 5.56 Å². The van der Waals surface area contributed by atoms with E-state index in [1.54, 1.807) is 4.90 Å². The third-order valence-electron chi connectivity index (χ3n) is 4.54. The molecule has 1 fully saturated rings. The Labute approximate surface area is 145 Å². The molecule has 2 atom stereocenters. The lowest BCUT2D eigenvalue weighted by Gasteiger charge is -2.27. The average molecular weight is 334 g/mol. The quantitative estimate of drug-likeness (QED) is 0.801.